The normalized spacial score (nSPS) is 17.1. The van der Waals surface area contributed by atoms with Crippen LogP contribution in [0.1, 0.15) is 19.4 Å². The Hall–Kier alpha value is -2.01. The van der Waals surface area contributed by atoms with Crippen LogP contribution in [0.3, 0.4) is 0 Å². The zero-order valence-electron chi connectivity index (χ0n) is 11.1. The van der Waals surface area contributed by atoms with E-state index >= 15 is 0 Å². The van der Waals surface area contributed by atoms with Gasteiger partial charge in [-0.15, -0.1) is 0 Å². The third-order valence-electron chi connectivity index (χ3n) is 3.30. The number of hydrazine groups is 1. The van der Waals surface area contributed by atoms with Gasteiger partial charge < -0.3 is 14.9 Å². The largest absolute Gasteiger partial charge is 0.493 e. The van der Waals surface area contributed by atoms with Crippen molar-refractivity contribution in [2.75, 3.05) is 12.0 Å². The van der Waals surface area contributed by atoms with Crippen LogP contribution in [0.5, 0.6) is 11.5 Å². The fraction of sp³-hybridized carbons (Fsp3) is 0.357. The molecule has 1 aromatic heterocycles. The summed E-state index contributed by atoms with van der Waals surface area (Å²) in [5.74, 6) is 7.90. The van der Waals surface area contributed by atoms with E-state index in [0.717, 1.165) is 34.3 Å². The number of pyridine rings is 1. The third kappa shape index (κ3) is 1.86. The Morgan fingerprint density at radius 3 is 3.16 bits per heavy atom. The summed E-state index contributed by atoms with van der Waals surface area (Å²) in [4.78, 5) is 4.26. The van der Waals surface area contributed by atoms with Crippen molar-refractivity contribution in [1.29, 1.82) is 0 Å². The molecule has 3 N–H and O–H groups in total. The smallest absolute Gasteiger partial charge is 0.151 e. The number of benzene rings is 1. The van der Waals surface area contributed by atoms with Gasteiger partial charge in [-0.1, -0.05) is 0 Å². The number of rotatable bonds is 3. The predicted octanol–water partition coefficient (Wildman–Crippen LogP) is 2.24. The summed E-state index contributed by atoms with van der Waals surface area (Å²) < 4.78 is 11.6. The highest BCUT2D eigenvalue weighted by molar-refractivity contribution is 6.01. The Morgan fingerprint density at radius 1 is 1.58 bits per heavy atom. The molecule has 100 valence electrons. The maximum absolute atomic E-state index is 5.90. The molecule has 0 aliphatic carbocycles. The number of fused-ring (bicyclic) bond motifs is 3. The fourth-order valence-electron chi connectivity index (χ4n) is 2.58. The Kier molecular flexibility index (Phi) is 2.91. The number of ether oxygens (including phenoxy) is 2. The van der Waals surface area contributed by atoms with Gasteiger partial charge in [-0.25, -0.2) is 10.8 Å². The number of nitrogen functional groups attached to an aromatic ring is 1. The lowest BCUT2D eigenvalue weighted by Crippen LogP contribution is -2.10. The molecular weight excluding hydrogens is 242 g/mol. The summed E-state index contributed by atoms with van der Waals surface area (Å²) in [7, 11) is 0. The molecule has 1 aliphatic heterocycles. The minimum Gasteiger partial charge on any atom is -0.493 e. The lowest BCUT2D eigenvalue weighted by molar-refractivity contribution is 0.257. The van der Waals surface area contributed by atoms with E-state index in [1.807, 2.05) is 13.0 Å². The zero-order chi connectivity index (χ0) is 13.4. The maximum atomic E-state index is 5.90. The van der Waals surface area contributed by atoms with E-state index < -0.39 is 0 Å². The van der Waals surface area contributed by atoms with E-state index in [1.54, 1.807) is 6.20 Å². The van der Waals surface area contributed by atoms with Gasteiger partial charge in [-0.3, -0.25) is 0 Å². The molecule has 2 aromatic rings. The first-order valence-electron chi connectivity index (χ1n) is 6.45. The van der Waals surface area contributed by atoms with E-state index in [4.69, 9.17) is 15.3 Å². The van der Waals surface area contributed by atoms with E-state index in [1.165, 1.54) is 0 Å². The molecule has 3 rings (SSSR count). The number of nitrogens with zero attached hydrogens (tertiary/aromatic N) is 1. The Bertz CT molecular complexity index is 628. The number of hydrogen-bond acceptors (Lipinski definition) is 5. The van der Waals surface area contributed by atoms with Gasteiger partial charge in [0.25, 0.3) is 0 Å². The van der Waals surface area contributed by atoms with Crippen LogP contribution in [0.4, 0.5) is 5.82 Å². The molecule has 5 heteroatoms. The van der Waals surface area contributed by atoms with Crippen LogP contribution >= 0.6 is 0 Å². The lowest BCUT2D eigenvalue weighted by atomic mass is 10.0. The van der Waals surface area contributed by atoms with Gasteiger partial charge in [0.05, 0.1) is 12.0 Å². The highest BCUT2D eigenvalue weighted by Crippen LogP contribution is 2.43. The molecule has 0 saturated heterocycles. The topological polar surface area (TPSA) is 69.4 Å². The average Bonchev–Trinajstić information content (AvgIpc) is 2.78. The van der Waals surface area contributed by atoms with Crippen molar-refractivity contribution in [1.82, 2.24) is 4.98 Å². The fourth-order valence-corrected chi connectivity index (χ4v) is 2.58. The summed E-state index contributed by atoms with van der Waals surface area (Å²) in [6, 6.07) is 3.98. The number of nitrogens with one attached hydrogen (secondary N) is 1. The van der Waals surface area contributed by atoms with Gasteiger partial charge >= 0.3 is 0 Å². The summed E-state index contributed by atoms with van der Waals surface area (Å²) >= 11 is 0. The molecule has 19 heavy (non-hydrogen) atoms. The summed E-state index contributed by atoms with van der Waals surface area (Å²) in [6.07, 6.45) is 2.76. The highest BCUT2D eigenvalue weighted by Gasteiger charge is 2.25. The molecule has 0 radical (unpaired) electrons. The second-order valence-electron chi connectivity index (χ2n) is 4.66. The summed E-state index contributed by atoms with van der Waals surface area (Å²) in [5.41, 5.74) is 3.78. The van der Waals surface area contributed by atoms with Crippen LogP contribution in [0.25, 0.3) is 10.8 Å². The standard InChI is InChI=1S/C14H17N3O2/c1-3-18-11-7-9-6-8(2)19-13(9)12-10(11)4-5-16-14(12)17-15/h4-5,7-8H,3,6,15H2,1-2H3,(H,16,17). The minimum absolute atomic E-state index is 0.168. The molecule has 1 atom stereocenters. The van der Waals surface area contributed by atoms with E-state index in [2.05, 4.69) is 23.4 Å². The first-order valence-corrected chi connectivity index (χ1v) is 6.45. The van der Waals surface area contributed by atoms with Crippen molar-refractivity contribution in [2.24, 2.45) is 5.84 Å². The average molecular weight is 259 g/mol. The number of anilines is 1. The van der Waals surface area contributed by atoms with Crippen molar-refractivity contribution < 1.29 is 9.47 Å². The van der Waals surface area contributed by atoms with Crippen molar-refractivity contribution in [3.63, 3.8) is 0 Å². The Labute approximate surface area is 111 Å². The van der Waals surface area contributed by atoms with Gasteiger partial charge in [0.2, 0.25) is 0 Å². The maximum Gasteiger partial charge on any atom is 0.151 e. The second kappa shape index (κ2) is 4.59. The molecule has 1 aromatic carbocycles. The first kappa shape index (κ1) is 12.0. The molecule has 0 bridgehead atoms. The van der Waals surface area contributed by atoms with Crippen LogP contribution in [-0.4, -0.2) is 17.7 Å². The van der Waals surface area contributed by atoms with Crippen LogP contribution in [0, 0.1) is 0 Å². The van der Waals surface area contributed by atoms with Crippen LogP contribution in [-0.2, 0) is 6.42 Å². The van der Waals surface area contributed by atoms with Crippen molar-refractivity contribution in [3.05, 3.63) is 23.9 Å². The molecule has 0 saturated carbocycles. The quantitative estimate of drug-likeness (QED) is 0.653. The Morgan fingerprint density at radius 2 is 2.42 bits per heavy atom. The molecule has 2 heterocycles. The molecule has 0 fully saturated rings. The van der Waals surface area contributed by atoms with Gasteiger partial charge in [-0.05, 0) is 26.0 Å². The van der Waals surface area contributed by atoms with Gasteiger partial charge in [0.15, 0.2) is 5.82 Å². The first-order chi connectivity index (χ1) is 9.24. The molecule has 0 spiro atoms. The van der Waals surface area contributed by atoms with E-state index in [9.17, 15) is 0 Å². The SMILES string of the molecule is CCOc1cc2c(c3c(NN)nccc13)OC(C)C2. The monoisotopic (exact) mass is 259 g/mol. The van der Waals surface area contributed by atoms with Gasteiger partial charge in [0, 0.05) is 23.6 Å². The highest BCUT2D eigenvalue weighted by atomic mass is 16.5. The molecular formula is C14H17N3O2. The molecule has 1 unspecified atom stereocenters. The van der Waals surface area contributed by atoms with Gasteiger partial charge in [0.1, 0.15) is 17.6 Å². The van der Waals surface area contributed by atoms with Crippen molar-refractivity contribution in [3.8, 4) is 11.5 Å². The van der Waals surface area contributed by atoms with Crippen LogP contribution < -0.4 is 20.7 Å². The van der Waals surface area contributed by atoms with Crippen LogP contribution in [0.2, 0.25) is 0 Å². The molecule has 5 nitrogen and oxygen atoms in total. The number of hydrogen-bond donors (Lipinski definition) is 2. The molecule has 0 amide bonds. The van der Waals surface area contributed by atoms with Crippen LogP contribution in [0.15, 0.2) is 18.3 Å². The lowest BCUT2D eigenvalue weighted by Gasteiger charge is -2.13. The summed E-state index contributed by atoms with van der Waals surface area (Å²) in [5, 5.41) is 1.87. The molecule has 1 aliphatic rings. The van der Waals surface area contributed by atoms with Crippen molar-refractivity contribution >= 4 is 16.6 Å². The van der Waals surface area contributed by atoms with Gasteiger partial charge in [-0.2, -0.15) is 0 Å². The zero-order valence-corrected chi connectivity index (χ0v) is 11.1. The number of nitrogens with two attached hydrogens (primary N) is 1. The number of aromatic nitrogens is 1. The third-order valence-corrected chi connectivity index (χ3v) is 3.30. The Balaban J connectivity index is 2.33. The summed E-state index contributed by atoms with van der Waals surface area (Å²) in [6.45, 7) is 4.65. The second-order valence-corrected chi connectivity index (χ2v) is 4.66. The van der Waals surface area contributed by atoms with E-state index in [0.29, 0.717) is 12.4 Å². The minimum atomic E-state index is 0.168. The van der Waals surface area contributed by atoms with E-state index in [-0.39, 0.29) is 6.10 Å². The predicted molar refractivity (Wildman–Crippen MR) is 74.5 cm³/mol. The van der Waals surface area contributed by atoms with Crippen molar-refractivity contribution in [2.45, 2.75) is 26.4 Å².